The van der Waals surface area contributed by atoms with Crippen LogP contribution in [0.1, 0.15) is 10.4 Å². The van der Waals surface area contributed by atoms with Crippen molar-refractivity contribution in [3.63, 3.8) is 0 Å². The fourth-order valence-electron chi connectivity index (χ4n) is 2.41. The van der Waals surface area contributed by atoms with E-state index in [1.54, 1.807) is 7.11 Å². The molecular weight excluding hydrogens is 388 g/mol. The molecular formula is C18H17BrN2O2S. The minimum atomic E-state index is 0.0952. The zero-order chi connectivity index (χ0) is 16.9. The standard InChI is InChI=1S/C18H17BrN2O2S/c1-23-11-10-21-16-5-3-2-4-15(16)20-18(21)24-12-17(22)13-6-8-14(19)9-7-13/h2-9H,10-12H2,1H3. The van der Waals surface area contributed by atoms with Crippen molar-refractivity contribution in [2.24, 2.45) is 0 Å². The summed E-state index contributed by atoms with van der Waals surface area (Å²) in [5.74, 6) is 0.454. The predicted molar refractivity (Wildman–Crippen MR) is 101 cm³/mol. The van der Waals surface area contributed by atoms with Gasteiger partial charge in [-0.2, -0.15) is 0 Å². The molecule has 3 rings (SSSR count). The quantitative estimate of drug-likeness (QED) is 0.431. The number of hydrogen-bond donors (Lipinski definition) is 0. The summed E-state index contributed by atoms with van der Waals surface area (Å²) in [4.78, 5) is 17.0. The summed E-state index contributed by atoms with van der Waals surface area (Å²) in [5.41, 5.74) is 2.71. The largest absolute Gasteiger partial charge is 0.383 e. The summed E-state index contributed by atoms with van der Waals surface area (Å²) in [6.07, 6.45) is 0. The molecule has 0 unspecified atom stereocenters. The normalized spacial score (nSPS) is 11.1. The molecule has 24 heavy (non-hydrogen) atoms. The van der Waals surface area contributed by atoms with Gasteiger partial charge in [-0.3, -0.25) is 4.79 Å². The zero-order valence-electron chi connectivity index (χ0n) is 13.2. The van der Waals surface area contributed by atoms with E-state index < -0.39 is 0 Å². The van der Waals surface area contributed by atoms with Crippen LogP contribution in [0.4, 0.5) is 0 Å². The van der Waals surface area contributed by atoms with Crippen LogP contribution in [0, 0.1) is 0 Å². The number of halogens is 1. The van der Waals surface area contributed by atoms with Crippen LogP contribution in [0.25, 0.3) is 11.0 Å². The molecule has 0 N–H and O–H groups in total. The molecule has 4 nitrogen and oxygen atoms in total. The lowest BCUT2D eigenvalue weighted by molar-refractivity contribution is 0.102. The van der Waals surface area contributed by atoms with Gasteiger partial charge < -0.3 is 9.30 Å². The first-order chi connectivity index (χ1) is 11.7. The van der Waals surface area contributed by atoms with Crippen LogP contribution in [0.2, 0.25) is 0 Å². The first-order valence-corrected chi connectivity index (χ1v) is 9.32. The minimum absolute atomic E-state index is 0.0952. The summed E-state index contributed by atoms with van der Waals surface area (Å²) in [6, 6.07) is 15.4. The maximum Gasteiger partial charge on any atom is 0.173 e. The van der Waals surface area contributed by atoms with Gasteiger partial charge in [0.05, 0.1) is 23.4 Å². The van der Waals surface area contributed by atoms with E-state index in [-0.39, 0.29) is 5.78 Å². The first-order valence-electron chi connectivity index (χ1n) is 7.55. The first kappa shape index (κ1) is 17.2. The van der Waals surface area contributed by atoms with Crippen LogP contribution < -0.4 is 0 Å². The van der Waals surface area contributed by atoms with Crippen molar-refractivity contribution in [2.75, 3.05) is 19.5 Å². The summed E-state index contributed by atoms with van der Waals surface area (Å²) < 4.78 is 8.27. The number of aromatic nitrogens is 2. The van der Waals surface area contributed by atoms with Gasteiger partial charge in [0.2, 0.25) is 0 Å². The molecule has 0 radical (unpaired) electrons. The summed E-state index contributed by atoms with van der Waals surface area (Å²) in [5, 5.41) is 0.846. The van der Waals surface area contributed by atoms with Crippen LogP contribution in [0.3, 0.4) is 0 Å². The molecule has 0 bridgehead atoms. The van der Waals surface area contributed by atoms with Crippen molar-refractivity contribution in [3.05, 3.63) is 58.6 Å². The smallest absolute Gasteiger partial charge is 0.173 e. The number of thioether (sulfide) groups is 1. The molecule has 0 saturated carbocycles. The van der Waals surface area contributed by atoms with Crippen molar-refractivity contribution in [3.8, 4) is 0 Å². The van der Waals surface area contributed by atoms with Crippen LogP contribution in [-0.2, 0) is 11.3 Å². The molecule has 1 aromatic heterocycles. The Balaban J connectivity index is 1.78. The Kier molecular flexibility index (Phi) is 5.71. The Morgan fingerprint density at radius 3 is 2.71 bits per heavy atom. The van der Waals surface area contributed by atoms with Gasteiger partial charge in [-0.25, -0.2) is 4.98 Å². The third-order valence-corrected chi connectivity index (χ3v) is 5.14. The van der Waals surface area contributed by atoms with E-state index in [4.69, 9.17) is 4.74 Å². The van der Waals surface area contributed by atoms with E-state index >= 15 is 0 Å². The highest BCUT2D eigenvalue weighted by molar-refractivity contribution is 9.10. The van der Waals surface area contributed by atoms with E-state index in [9.17, 15) is 4.79 Å². The molecule has 0 aliphatic carbocycles. The van der Waals surface area contributed by atoms with Crippen LogP contribution in [0.15, 0.2) is 58.2 Å². The number of hydrogen-bond acceptors (Lipinski definition) is 4. The molecule has 0 saturated heterocycles. The molecule has 3 aromatic rings. The third-order valence-electron chi connectivity index (χ3n) is 3.64. The van der Waals surface area contributed by atoms with E-state index in [1.807, 2.05) is 48.5 Å². The number of Topliss-reactive ketones (excluding diaryl/α,β-unsaturated/α-hetero) is 1. The van der Waals surface area contributed by atoms with Gasteiger partial charge in [-0.1, -0.05) is 52.0 Å². The number of ether oxygens (including phenoxy) is 1. The van der Waals surface area contributed by atoms with Gasteiger partial charge in [0.1, 0.15) is 0 Å². The summed E-state index contributed by atoms with van der Waals surface area (Å²) in [7, 11) is 1.68. The average molecular weight is 405 g/mol. The summed E-state index contributed by atoms with van der Waals surface area (Å²) in [6.45, 7) is 1.32. The number of nitrogens with zero attached hydrogens (tertiary/aromatic N) is 2. The highest BCUT2D eigenvalue weighted by Gasteiger charge is 2.13. The Morgan fingerprint density at radius 2 is 1.96 bits per heavy atom. The van der Waals surface area contributed by atoms with Gasteiger partial charge >= 0.3 is 0 Å². The fourth-order valence-corrected chi connectivity index (χ4v) is 3.61. The second-order valence-corrected chi connectivity index (χ2v) is 7.10. The molecule has 0 atom stereocenters. The Labute approximate surface area is 153 Å². The Hall–Kier alpha value is -1.63. The molecule has 2 aromatic carbocycles. The van der Waals surface area contributed by atoms with Gasteiger partial charge in [0.15, 0.2) is 10.9 Å². The molecule has 0 aliphatic heterocycles. The molecule has 0 aliphatic rings. The predicted octanol–water partition coefficient (Wildman–Crippen LogP) is 4.42. The minimum Gasteiger partial charge on any atom is -0.383 e. The zero-order valence-corrected chi connectivity index (χ0v) is 15.6. The molecule has 0 spiro atoms. The fraction of sp³-hybridized carbons (Fsp3) is 0.222. The number of rotatable bonds is 7. The Morgan fingerprint density at radius 1 is 1.21 bits per heavy atom. The average Bonchev–Trinajstić information content (AvgIpc) is 2.96. The number of imidazole rings is 1. The van der Waals surface area contributed by atoms with Crippen LogP contribution in [0.5, 0.6) is 0 Å². The maximum atomic E-state index is 12.4. The topological polar surface area (TPSA) is 44.1 Å². The van der Waals surface area contributed by atoms with Crippen LogP contribution >= 0.6 is 27.7 Å². The lowest BCUT2D eigenvalue weighted by Crippen LogP contribution is -2.07. The molecule has 0 amide bonds. The molecule has 1 heterocycles. The van der Waals surface area contributed by atoms with E-state index in [0.29, 0.717) is 24.5 Å². The van der Waals surface area contributed by atoms with Gasteiger partial charge in [0.25, 0.3) is 0 Å². The maximum absolute atomic E-state index is 12.4. The van der Waals surface area contributed by atoms with Gasteiger partial charge in [0, 0.05) is 23.7 Å². The van der Waals surface area contributed by atoms with Gasteiger partial charge in [-0.15, -0.1) is 0 Å². The third kappa shape index (κ3) is 3.88. The number of fused-ring (bicyclic) bond motifs is 1. The number of benzene rings is 2. The number of para-hydroxylation sites is 2. The number of methoxy groups -OCH3 is 1. The van der Waals surface area contributed by atoms with Crippen molar-refractivity contribution in [2.45, 2.75) is 11.7 Å². The highest BCUT2D eigenvalue weighted by Crippen LogP contribution is 2.25. The van der Waals surface area contributed by atoms with E-state index in [0.717, 1.165) is 20.7 Å². The van der Waals surface area contributed by atoms with Gasteiger partial charge in [-0.05, 0) is 24.3 Å². The van der Waals surface area contributed by atoms with Crippen molar-refractivity contribution >= 4 is 44.5 Å². The van der Waals surface area contributed by atoms with Crippen molar-refractivity contribution in [1.82, 2.24) is 9.55 Å². The Bertz CT molecular complexity index is 846. The van der Waals surface area contributed by atoms with Crippen molar-refractivity contribution in [1.29, 1.82) is 0 Å². The lowest BCUT2D eigenvalue weighted by atomic mass is 10.2. The van der Waals surface area contributed by atoms with Crippen LogP contribution in [-0.4, -0.2) is 34.8 Å². The summed E-state index contributed by atoms with van der Waals surface area (Å²) >= 11 is 4.85. The molecule has 124 valence electrons. The highest BCUT2D eigenvalue weighted by atomic mass is 79.9. The lowest BCUT2D eigenvalue weighted by Gasteiger charge is -2.08. The number of carbonyl (C=O) groups is 1. The molecule has 6 heteroatoms. The molecule has 0 fully saturated rings. The van der Waals surface area contributed by atoms with E-state index in [1.165, 1.54) is 11.8 Å². The monoisotopic (exact) mass is 404 g/mol. The van der Waals surface area contributed by atoms with E-state index in [2.05, 4.69) is 25.5 Å². The SMILES string of the molecule is COCCn1c(SCC(=O)c2ccc(Br)cc2)nc2ccccc21. The number of carbonyl (C=O) groups excluding carboxylic acids is 1. The number of ketones is 1. The second kappa shape index (κ2) is 7.96. The second-order valence-electron chi connectivity index (χ2n) is 5.25. The van der Waals surface area contributed by atoms with Crippen molar-refractivity contribution < 1.29 is 9.53 Å².